The highest BCUT2D eigenvalue weighted by molar-refractivity contribution is 5.76. The van der Waals surface area contributed by atoms with Gasteiger partial charge in [-0.25, -0.2) is 9.97 Å². The second-order valence-electron chi connectivity index (χ2n) is 6.96. The molecule has 2 aliphatic rings. The van der Waals surface area contributed by atoms with Crippen LogP contribution in [-0.2, 0) is 17.8 Å². The van der Waals surface area contributed by atoms with E-state index in [0.717, 1.165) is 67.3 Å². The highest BCUT2D eigenvalue weighted by Gasteiger charge is 2.22. The summed E-state index contributed by atoms with van der Waals surface area (Å²) >= 11 is 0. The lowest BCUT2D eigenvalue weighted by atomic mass is 10.0. The number of piperidine rings is 1. The van der Waals surface area contributed by atoms with Gasteiger partial charge in [-0.05, 0) is 24.5 Å². The molecule has 0 aliphatic carbocycles. The van der Waals surface area contributed by atoms with E-state index in [1.807, 2.05) is 30.1 Å². The molecule has 0 bridgehead atoms. The molecule has 0 radical (unpaired) electrons. The lowest BCUT2D eigenvalue weighted by Crippen LogP contribution is -2.40. The molecule has 6 nitrogen and oxygen atoms in total. The van der Waals surface area contributed by atoms with E-state index in [-0.39, 0.29) is 5.91 Å². The number of fused-ring (bicyclic) bond motifs is 2. The molecule has 2 aromatic rings. The Kier molecular flexibility index (Phi) is 4.73. The third-order valence-corrected chi connectivity index (χ3v) is 5.20. The van der Waals surface area contributed by atoms with E-state index < -0.39 is 0 Å². The SMILES string of the molecule is CN(CCN1CCCCC1=O)c1ncnc2c1Cc1ccccc1OC2. The molecule has 0 atom stereocenters. The summed E-state index contributed by atoms with van der Waals surface area (Å²) in [6, 6.07) is 8.11. The van der Waals surface area contributed by atoms with E-state index in [4.69, 9.17) is 4.74 Å². The number of nitrogens with zero attached hydrogens (tertiary/aromatic N) is 4. The number of hydrogen-bond acceptors (Lipinski definition) is 5. The van der Waals surface area contributed by atoms with Gasteiger partial charge >= 0.3 is 0 Å². The number of aromatic nitrogens is 2. The second kappa shape index (κ2) is 7.32. The van der Waals surface area contributed by atoms with E-state index in [2.05, 4.69) is 20.9 Å². The Morgan fingerprint density at radius 2 is 2.12 bits per heavy atom. The number of benzene rings is 1. The minimum atomic E-state index is 0.272. The Hall–Kier alpha value is -2.63. The van der Waals surface area contributed by atoms with Crippen molar-refractivity contribution < 1.29 is 9.53 Å². The molecule has 26 heavy (non-hydrogen) atoms. The molecule has 1 aromatic heterocycles. The van der Waals surface area contributed by atoms with Gasteiger partial charge in [-0.2, -0.15) is 0 Å². The monoisotopic (exact) mass is 352 g/mol. The van der Waals surface area contributed by atoms with Gasteiger partial charge in [-0.3, -0.25) is 4.79 Å². The normalized spacial score (nSPS) is 16.3. The van der Waals surface area contributed by atoms with Gasteiger partial charge < -0.3 is 14.5 Å². The summed E-state index contributed by atoms with van der Waals surface area (Å²) in [5.74, 6) is 2.12. The number of rotatable bonds is 4. The first-order valence-corrected chi connectivity index (χ1v) is 9.25. The minimum absolute atomic E-state index is 0.272. The predicted octanol–water partition coefficient (Wildman–Crippen LogP) is 2.41. The maximum absolute atomic E-state index is 12.0. The Morgan fingerprint density at radius 1 is 1.23 bits per heavy atom. The number of anilines is 1. The number of hydrogen-bond donors (Lipinski definition) is 0. The zero-order valence-electron chi connectivity index (χ0n) is 15.1. The van der Waals surface area contributed by atoms with Crippen LogP contribution in [0.3, 0.4) is 0 Å². The highest BCUT2D eigenvalue weighted by atomic mass is 16.5. The van der Waals surface area contributed by atoms with Crippen LogP contribution in [0.1, 0.15) is 36.1 Å². The number of ether oxygens (including phenoxy) is 1. The highest BCUT2D eigenvalue weighted by Crippen LogP contribution is 2.31. The summed E-state index contributed by atoms with van der Waals surface area (Å²) in [7, 11) is 2.04. The van der Waals surface area contributed by atoms with Gasteiger partial charge in [-0.15, -0.1) is 0 Å². The zero-order valence-corrected chi connectivity index (χ0v) is 15.1. The molecule has 1 aromatic carbocycles. The fraction of sp³-hybridized carbons (Fsp3) is 0.450. The maximum atomic E-state index is 12.0. The number of amides is 1. The molecular formula is C20H24N4O2. The molecule has 3 heterocycles. The van der Waals surface area contributed by atoms with Crippen LogP contribution in [0, 0.1) is 0 Å². The van der Waals surface area contributed by atoms with Crippen molar-refractivity contribution >= 4 is 11.7 Å². The van der Waals surface area contributed by atoms with Crippen molar-refractivity contribution in [3.63, 3.8) is 0 Å². The van der Waals surface area contributed by atoms with Crippen molar-refractivity contribution in [3.8, 4) is 5.75 Å². The smallest absolute Gasteiger partial charge is 0.222 e. The molecule has 1 fully saturated rings. The van der Waals surface area contributed by atoms with Gasteiger partial charge in [0, 0.05) is 45.1 Å². The number of carbonyl (C=O) groups excluding carboxylic acids is 1. The van der Waals surface area contributed by atoms with Crippen LogP contribution >= 0.6 is 0 Å². The lowest BCUT2D eigenvalue weighted by Gasteiger charge is -2.29. The Labute approximate surface area is 153 Å². The fourth-order valence-electron chi connectivity index (χ4n) is 3.67. The topological polar surface area (TPSA) is 58.6 Å². The van der Waals surface area contributed by atoms with E-state index in [1.165, 1.54) is 0 Å². The van der Waals surface area contributed by atoms with Crippen molar-refractivity contribution in [1.82, 2.24) is 14.9 Å². The zero-order chi connectivity index (χ0) is 17.9. The molecule has 136 valence electrons. The van der Waals surface area contributed by atoms with Crippen molar-refractivity contribution in [2.45, 2.75) is 32.3 Å². The molecule has 0 N–H and O–H groups in total. The lowest BCUT2D eigenvalue weighted by molar-refractivity contribution is -0.133. The Bertz CT molecular complexity index is 808. The van der Waals surface area contributed by atoms with Crippen LogP contribution in [0.25, 0.3) is 0 Å². The first-order valence-electron chi connectivity index (χ1n) is 9.25. The third-order valence-electron chi connectivity index (χ3n) is 5.20. The molecule has 1 amide bonds. The third kappa shape index (κ3) is 3.36. The van der Waals surface area contributed by atoms with E-state index in [1.54, 1.807) is 6.33 Å². The summed E-state index contributed by atoms with van der Waals surface area (Å²) in [6.45, 7) is 2.83. The molecule has 6 heteroatoms. The van der Waals surface area contributed by atoms with Gasteiger partial charge in [-0.1, -0.05) is 18.2 Å². The molecule has 0 unspecified atom stereocenters. The second-order valence-corrected chi connectivity index (χ2v) is 6.96. The van der Waals surface area contributed by atoms with Gasteiger partial charge in [0.1, 0.15) is 24.5 Å². The average Bonchev–Trinajstić information content (AvgIpc) is 2.86. The molecule has 4 rings (SSSR count). The largest absolute Gasteiger partial charge is 0.487 e. The van der Waals surface area contributed by atoms with Crippen molar-refractivity contribution in [3.05, 3.63) is 47.4 Å². The van der Waals surface area contributed by atoms with E-state index in [9.17, 15) is 4.79 Å². The van der Waals surface area contributed by atoms with E-state index in [0.29, 0.717) is 13.0 Å². The average molecular weight is 352 g/mol. The van der Waals surface area contributed by atoms with Crippen LogP contribution in [0.4, 0.5) is 5.82 Å². The van der Waals surface area contributed by atoms with E-state index >= 15 is 0 Å². The molecule has 0 saturated carbocycles. The number of likely N-dealkylation sites (tertiary alicyclic amines) is 1. The number of carbonyl (C=O) groups is 1. The minimum Gasteiger partial charge on any atom is -0.487 e. The van der Waals surface area contributed by atoms with Crippen LogP contribution in [-0.4, -0.2) is 47.5 Å². The van der Waals surface area contributed by atoms with Crippen molar-refractivity contribution in [1.29, 1.82) is 0 Å². The molecule has 2 aliphatic heterocycles. The predicted molar refractivity (Wildman–Crippen MR) is 99.3 cm³/mol. The summed E-state index contributed by atoms with van der Waals surface area (Å²) in [5, 5.41) is 0. The summed E-state index contributed by atoms with van der Waals surface area (Å²) in [5.41, 5.74) is 3.21. The maximum Gasteiger partial charge on any atom is 0.222 e. The Morgan fingerprint density at radius 3 is 3.00 bits per heavy atom. The van der Waals surface area contributed by atoms with Crippen LogP contribution in [0.5, 0.6) is 5.75 Å². The Balaban J connectivity index is 1.53. The standard InChI is InChI=1S/C20H24N4O2/c1-23(10-11-24-9-5-4-8-19(24)25)20-16-12-15-6-2-3-7-18(15)26-13-17(16)21-14-22-20/h2-3,6-7,14H,4-5,8-13H2,1H3. The summed E-state index contributed by atoms with van der Waals surface area (Å²) in [6.07, 6.45) is 5.17. The van der Waals surface area contributed by atoms with Crippen molar-refractivity contribution in [2.75, 3.05) is 31.6 Å². The van der Waals surface area contributed by atoms with Gasteiger partial charge in [0.05, 0.1) is 5.69 Å². The fourth-order valence-corrected chi connectivity index (χ4v) is 3.67. The van der Waals surface area contributed by atoms with Crippen LogP contribution in [0.15, 0.2) is 30.6 Å². The molecule has 0 spiro atoms. The van der Waals surface area contributed by atoms with Crippen LogP contribution in [0.2, 0.25) is 0 Å². The number of likely N-dealkylation sites (N-methyl/N-ethyl adjacent to an activating group) is 1. The molecule has 1 saturated heterocycles. The first-order chi connectivity index (χ1) is 12.7. The summed E-state index contributed by atoms with van der Waals surface area (Å²) < 4.78 is 5.92. The van der Waals surface area contributed by atoms with Crippen LogP contribution < -0.4 is 9.64 Å². The van der Waals surface area contributed by atoms with Crippen molar-refractivity contribution in [2.24, 2.45) is 0 Å². The quantitative estimate of drug-likeness (QED) is 0.846. The molecular weight excluding hydrogens is 328 g/mol. The van der Waals surface area contributed by atoms with Gasteiger partial charge in [0.15, 0.2) is 0 Å². The number of para-hydroxylation sites is 1. The van der Waals surface area contributed by atoms with Gasteiger partial charge in [0.25, 0.3) is 0 Å². The van der Waals surface area contributed by atoms with Gasteiger partial charge in [0.2, 0.25) is 5.91 Å². The first kappa shape index (κ1) is 16.8. The summed E-state index contributed by atoms with van der Waals surface area (Å²) in [4.78, 5) is 25.1.